The van der Waals surface area contributed by atoms with Crippen molar-refractivity contribution in [3.63, 3.8) is 0 Å². The second kappa shape index (κ2) is 5.80. The molecule has 22 heavy (non-hydrogen) atoms. The third-order valence-electron chi connectivity index (χ3n) is 4.06. The average Bonchev–Trinajstić information content (AvgIpc) is 2.86. The fourth-order valence-corrected chi connectivity index (χ4v) is 2.95. The van der Waals surface area contributed by atoms with Gasteiger partial charge in [0.15, 0.2) is 0 Å². The Balaban J connectivity index is 2.24. The lowest BCUT2D eigenvalue weighted by Crippen LogP contribution is -2.00. The third kappa shape index (κ3) is 2.57. The maximum atomic E-state index is 13.2. The Hall–Kier alpha value is -2.35. The van der Waals surface area contributed by atoms with Crippen molar-refractivity contribution in [3.8, 4) is 16.9 Å². The van der Waals surface area contributed by atoms with Crippen LogP contribution in [-0.4, -0.2) is 4.57 Å². The normalized spacial score (nSPS) is 11.1. The van der Waals surface area contributed by atoms with Crippen molar-refractivity contribution in [2.45, 2.75) is 26.7 Å². The molecule has 0 aliphatic heterocycles. The summed E-state index contributed by atoms with van der Waals surface area (Å²) in [4.78, 5) is 0. The molecule has 0 saturated heterocycles. The first-order valence-electron chi connectivity index (χ1n) is 7.61. The molecule has 0 spiro atoms. The third-order valence-corrected chi connectivity index (χ3v) is 4.06. The van der Waals surface area contributed by atoms with E-state index in [0.717, 1.165) is 16.9 Å². The van der Waals surface area contributed by atoms with E-state index in [4.69, 9.17) is 0 Å². The molecule has 1 heterocycles. The van der Waals surface area contributed by atoms with E-state index in [9.17, 15) is 4.39 Å². The van der Waals surface area contributed by atoms with Gasteiger partial charge in [0.05, 0.1) is 5.69 Å². The summed E-state index contributed by atoms with van der Waals surface area (Å²) in [6.45, 7) is 6.55. The van der Waals surface area contributed by atoms with Gasteiger partial charge in [-0.05, 0) is 66.4 Å². The maximum Gasteiger partial charge on any atom is 0.123 e. The fourth-order valence-electron chi connectivity index (χ4n) is 2.95. The van der Waals surface area contributed by atoms with E-state index in [0.29, 0.717) is 5.92 Å². The van der Waals surface area contributed by atoms with Gasteiger partial charge in [0.25, 0.3) is 0 Å². The Bertz CT molecular complexity index is 767. The first-order chi connectivity index (χ1) is 10.6. The number of para-hydroxylation sites is 1. The van der Waals surface area contributed by atoms with Gasteiger partial charge in [-0.2, -0.15) is 0 Å². The molecular formula is C20H20FN. The molecule has 3 rings (SSSR count). The zero-order valence-corrected chi connectivity index (χ0v) is 13.2. The lowest BCUT2D eigenvalue weighted by atomic mass is 10.0. The largest absolute Gasteiger partial charge is 0.314 e. The van der Waals surface area contributed by atoms with Crippen molar-refractivity contribution in [3.05, 3.63) is 77.7 Å². The minimum Gasteiger partial charge on any atom is -0.314 e. The zero-order valence-electron chi connectivity index (χ0n) is 13.2. The van der Waals surface area contributed by atoms with E-state index in [2.05, 4.69) is 43.5 Å². The Labute approximate surface area is 131 Å². The van der Waals surface area contributed by atoms with Crippen LogP contribution in [0.4, 0.5) is 4.39 Å². The summed E-state index contributed by atoms with van der Waals surface area (Å²) in [6, 6.07) is 19.2. The highest BCUT2D eigenvalue weighted by molar-refractivity contribution is 5.66. The molecule has 0 saturated carbocycles. The van der Waals surface area contributed by atoms with Gasteiger partial charge >= 0.3 is 0 Å². The molecule has 2 aromatic carbocycles. The standard InChI is InChI=1S/C20H20FN/c1-14(2)19-13-20(16-9-11-17(21)12-10-16)22(15(19)3)18-7-5-4-6-8-18/h4-14H,1-3H3. The molecule has 1 nitrogen and oxygen atoms in total. The minimum atomic E-state index is -0.206. The van der Waals surface area contributed by atoms with Crippen molar-refractivity contribution in [2.24, 2.45) is 0 Å². The average molecular weight is 293 g/mol. The lowest BCUT2D eigenvalue weighted by Gasteiger charge is -2.13. The van der Waals surface area contributed by atoms with Crippen LogP contribution < -0.4 is 0 Å². The Morgan fingerprint density at radius 3 is 2.14 bits per heavy atom. The zero-order chi connectivity index (χ0) is 15.7. The molecule has 112 valence electrons. The van der Waals surface area contributed by atoms with Gasteiger partial charge < -0.3 is 4.57 Å². The first kappa shape index (κ1) is 14.6. The highest BCUT2D eigenvalue weighted by atomic mass is 19.1. The molecule has 0 unspecified atom stereocenters. The van der Waals surface area contributed by atoms with Gasteiger partial charge in [0.1, 0.15) is 5.82 Å². The van der Waals surface area contributed by atoms with Gasteiger partial charge in [0, 0.05) is 11.4 Å². The number of aromatic nitrogens is 1. The van der Waals surface area contributed by atoms with E-state index in [1.165, 1.54) is 23.4 Å². The van der Waals surface area contributed by atoms with Crippen molar-refractivity contribution >= 4 is 0 Å². The Morgan fingerprint density at radius 2 is 1.55 bits per heavy atom. The lowest BCUT2D eigenvalue weighted by molar-refractivity contribution is 0.628. The van der Waals surface area contributed by atoms with Gasteiger partial charge in [0.2, 0.25) is 0 Å². The Kier molecular flexibility index (Phi) is 3.84. The molecule has 0 N–H and O–H groups in total. The van der Waals surface area contributed by atoms with Crippen LogP contribution in [0.1, 0.15) is 31.0 Å². The monoisotopic (exact) mass is 293 g/mol. The highest BCUT2D eigenvalue weighted by Gasteiger charge is 2.16. The molecule has 0 amide bonds. The topological polar surface area (TPSA) is 4.93 Å². The summed E-state index contributed by atoms with van der Waals surface area (Å²) in [5.74, 6) is 0.242. The molecular weight excluding hydrogens is 273 g/mol. The molecule has 0 aliphatic rings. The van der Waals surface area contributed by atoms with E-state index in [1.807, 2.05) is 30.3 Å². The molecule has 3 aromatic rings. The van der Waals surface area contributed by atoms with Crippen LogP contribution in [0.3, 0.4) is 0 Å². The summed E-state index contributed by atoms with van der Waals surface area (Å²) in [6.07, 6.45) is 0. The number of rotatable bonds is 3. The number of nitrogens with zero attached hydrogens (tertiary/aromatic N) is 1. The minimum absolute atomic E-state index is 0.206. The van der Waals surface area contributed by atoms with E-state index >= 15 is 0 Å². The summed E-state index contributed by atoms with van der Waals surface area (Å²) in [7, 11) is 0. The second-order valence-electron chi connectivity index (χ2n) is 5.90. The van der Waals surface area contributed by atoms with Crippen LogP contribution in [0.2, 0.25) is 0 Å². The van der Waals surface area contributed by atoms with Crippen LogP contribution in [-0.2, 0) is 0 Å². The van der Waals surface area contributed by atoms with E-state index in [-0.39, 0.29) is 5.82 Å². The molecule has 1 aromatic heterocycles. The number of hydrogen-bond donors (Lipinski definition) is 0. The number of benzene rings is 2. The van der Waals surface area contributed by atoms with Crippen molar-refractivity contribution in [1.82, 2.24) is 4.57 Å². The smallest absolute Gasteiger partial charge is 0.123 e. The van der Waals surface area contributed by atoms with Gasteiger partial charge in [-0.1, -0.05) is 32.0 Å². The van der Waals surface area contributed by atoms with Crippen LogP contribution >= 0.6 is 0 Å². The molecule has 0 aliphatic carbocycles. The Morgan fingerprint density at radius 1 is 0.909 bits per heavy atom. The fraction of sp³-hybridized carbons (Fsp3) is 0.200. The van der Waals surface area contributed by atoms with Crippen LogP contribution in [0.25, 0.3) is 16.9 Å². The SMILES string of the molecule is Cc1c(C(C)C)cc(-c2ccc(F)cc2)n1-c1ccccc1. The molecule has 0 atom stereocenters. The molecule has 0 bridgehead atoms. The second-order valence-corrected chi connectivity index (χ2v) is 5.90. The number of halogens is 1. The van der Waals surface area contributed by atoms with Gasteiger partial charge in [-0.25, -0.2) is 4.39 Å². The molecule has 0 fully saturated rings. The highest BCUT2D eigenvalue weighted by Crippen LogP contribution is 2.32. The molecule has 0 radical (unpaired) electrons. The first-order valence-corrected chi connectivity index (χ1v) is 7.61. The van der Waals surface area contributed by atoms with Crippen molar-refractivity contribution in [1.29, 1.82) is 0 Å². The van der Waals surface area contributed by atoms with Crippen LogP contribution in [0, 0.1) is 12.7 Å². The summed E-state index contributed by atoms with van der Waals surface area (Å²) in [5.41, 5.74) is 5.82. The van der Waals surface area contributed by atoms with Gasteiger partial charge in [-0.3, -0.25) is 0 Å². The van der Waals surface area contributed by atoms with Crippen molar-refractivity contribution < 1.29 is 4.39 Å². The van der Waals surface area contributed by atoms with Crippen LogP contribution in [0.5, 0.6) is 0 Å². The maximum absolute atomic E-state index is 13.2. The predicted molar refractivity (Wildman–Crippen MR) is 90.0 cm³/mol. The van der Waals surface area contributed by atoms with Crippen LogP contribution in [0.15, 0.2) is 60.7 Å². The van der Waals surface area contributed by atoms with Gasteiger partial charge in [-0.15, -0.1) is 0 Å². The summed E-state index contributed by atoms with van der Waals surface area (Å²) < 4.78 is 15.5. The van der Waals surface area contributed by atoms with E-state index in [1.54, 1.807) is 0 Å². The number of hydrogen-bond acceptors (Lipinski definition) is 0. The van der Waals surface area contributed by atoms with Crippen molar-refractivity contribution in [2.75, 3.05) is 0 Å². The summed E-state index contributed by atoms with van der Waals surface area (Å²) >= 11 is 0. The quantitative estimate of drug-likeness (QED) is 0.582. The van der Waals surface area contributed by atoms with E-state index < -0.39 is 0 Å². The molecule has 2 heteroatoms. The predicted octanol–water partition coefficient (Wildman–Crippen LogP) is 5.72. The summed E-state index contributed by atoms with van der Waals surface area (Å²) in [5, 5.41) is 0.